The van der Waals surface area contributed by atoms with Crippen LogP contribution in [0.15, 0.2) is 53.4 Å². The van der Waals surface area contributed by atoms with E-state index < -0.39 is 15.9 Å². The van der Waals surface area contributed by atoms with E-state index in [4.69, 9.17) is 10.5 Å². The van der Waals surface area contributed by atoms with E-state index in [1.165, 1.54) is 12.1 Å². The quantitative estimate of drug-likeness (QED) is 0.744. The molecule has 2 rings (SSSR count). The molecular formula is C18H23ClN2O4S. The predicted octanol–water partition coefficient (Wildman–Crippen LogP) is 3.37. The maximum atomic E-state index is 11.9. The summed E-state index contributed by atoms with van der Waals surface area (Å²) in [6.07, 6.45) is 2.64. The Morgan fingerprint density at radius 2 is 1.58 bits per heavy atom. The smallest absolute Gasteiger partial charge is 0.241 e. The fourth-order valence-corrected chi connectivity index (χ4v) is 2.80. The van der Waals surface area contributed by atoms with Crippen LogP contribution in [-0.4, -0.2) is 26.6 Å². The summed E-state index contributed by atoms with van der Waals surface area (Å²) < 4.78 is 28.5. The molecule has 3 N–H and O–H groups in total. The van der Waals surface area contributed by atoms with Crippen molar-refractivity contribution in [2.24, 2.45) is 5.73 Å². The van der Waals surface area contributed by atoms with E-state index in [2.05, 4.69) is 5.32 Å². The third-order valence-corrected chi connectivity index (χ3v) is 4.67. The number of rotatable bonds is 7. The number of carbonyl (C=O) groups is 1. The van der Waals surface area contributed by atoms with Gasteiger partial charge in [0.05, 0.1) is 10.9 Å². The molecule has 1 amide bonds. The van der Waals surface area contributed by atoms with E-state index in [0.717, 1.165) is 12.7 Å². The van der Waals surface area contributed by atoms with Gasteiger partial charge in [0.25, 0.3) is 0 Å². The predicted molar refractivity (Wildman–Crippen MR) is 105 cm³/mol. The van der Waals surface area contributed by atoms with E-state index in [1.54, 1.807) is 36.4 Å². The van der Waals surface area contributed by atoms with E-state index in [0.29, 0.717) is 23.6 Å². The lowest BCUT2D eigenvalue weighted by molar-refractivity contribution is -0.117. The van der Waals surface area contributed by atoms with Gasteiger partial charge in [-0.05, 0) is 55.0 Å². The minimum Gasteiger partial charge on any atom is -0.457 e. The molecular weight excluding hydrogens is 376 g/mol. The standard InChI is InChI=1S/C18H22N2O4S.ClH/c1-3-4-17(19)18(21)20-13-5-7-14(8-6-13)24-15-9-11-16(12-10-15)25(2,22)23;/h5-12,17H,3-4,19H2,1-2H3,(H,20,21);1H. The number of hydrogen-bond acceptors (Lipinski definition) is 5. The largest absolute Gasteiger partial charge is 0.457 e. The van der Waals surface area contributed by atoms with Gasteiger partial charge in [-0.3, -0.25) is 4.79 Å². The highest BCUT2D eigenvalue weighted by molar-refractivity contribution is 7.90. The number of nitrogens with one attached hydrogen (secondary N) is 1. The maximum absolute atomic E-state index is 11.9. The number of ether oxygens (including phenoxy) is 1. The molecule has 0 radical (unpaired) electrons. The topological polar surface area (TPSA) is 98.5 Å². The van der Waals surface area contributed by atoms with E-state index in [1.807, 2.05) is 6.92 Å². The van der Waals surface area contributed by atoms with Crippen molar-refractivity contribution in [2.75, 3.05) is 11.6 Å². The second-order valence-electron chi connectivity index (χ2n) is 5.75. The van der Waals surface area contributed by atoms with Crippen LogP contribution in [0.3, 0.4) is 0 Å². The number of benzene rings is 2. The molecule has 0 bridgehead atoms. The van der Waals surface area contributed by atoms with Crippen molar-refractivity contribution in [3.05, 3.63) is 48.5 Å². The van der Waals surface area contributed by atoms with Crippen LogP contribution in [0, 0.1) is 0 Å². The molecule has 8 heteroatoms. The molecule has 0 aliphatic carbocycles. The lowest BCUT2D eigenvalue weighted by Gasteiger charge is -2.12. The molecule has 0 saturated heterocycles. The van der Waals surface area contributed by atoms with Gasteiger partial charge in [-0.25, -0.2) is 8.42 Å². The highest BCUT2D eigenvalue weighted by atomic mass is 35.5. The summed E-state index contributed by atoms with van der Waals surface area (Å²) in [5.41, 5.74) is 6.41. The summed E-state index contributed by atoms with van der Waals surface area (Å²) in [7, 11) is -3.23. The van der Waals surface area contributed by atoms with Crippen molar-refractivity contribution in [2.45, 2.75) is 30.7 Å². The monoisotopic (exact) mass is 398 g/mol. The SMILES string of the molecule is CCCC(N)C(=O)Nc1ccc(Oc2ccc(S(C)(=O)=O)cc2)cc1.Cl. The van der Waals surface area contributed by atoms with Crippen molar-refractivity contribution < 1.29 is 17.9 Å². The molecule has 6 nitrogen and oxygen atoms in total. The van der Waals surface area contributed by atoms with Crippen LogP contribution in [0.4, 0.5) is 5.69 Å². The molecule has 26 heavy (non-hydrogen) atoms. The lowest BCUT2D eigenvalue weighted by Crippen LogP contribution is -2.35. The number of sulfone groups is 1. The molecule has 0 aromatic heterocycles. The average Bonchev–Trinajstić information content (AvgIpc) is 2.56. The van der Waals surface area contributed by atoms with E-state index in [-0.39, 0.29) is 23.2 Å². The number of carbonyl (C=O) groups excluding carboxylic acids is 1. The number of hydrogen-bond donors (Lipinski definition) is 2. The van der Waals surface area contributed by atoms with Crippen LogP contribution in [-0.2, 0) is 14.6 Å². The summed E-state index contributed by atoms with van der Waals surface area (Å²) >= 11 is 0. The molecule has 2 aromatic carbocycles. The first-order chi connectivity index (χ1) is 11.8. The molecule has 0 heterocycles. The van der Waals surface area contributed by atoms with Gasteiger partial charge in [0.15, 0.2) is 9.84 Å². The number of anilines is 1. The number of nitrogens with two attached hydrogens (primary N) is 1. The van der Waals surface area contributed by atoms with Crippen molar-refractivity contribution in [3.63, 3.8) is 0 Å². The van der Waals surface area contributed by atoms with Crippen LogP contribution >= 0.6 is 12.4 Å². The average molecular weight is 399 g/mol. The maximum Gasteiger partial charge on any atom is 0.241 e. The number of amides is 1. The molecule has 2 aromatic rings. The Morgan fingerprint density at radius 3 is 2.04 bits per heavy atom. The first kappa shape index (κ1) is 22.0. The van der Waals surface area contributed by atoms with Crippen LogP contribution in [0.25, 0.3) is 0 Å². The fourth-order valence-electron chi connectivity index (χ4n) is 2.17. The van der Waals surface area contributed by atoms with Crippen molar-refractivity contribution >= 4 is 33.8 Å². The third kappa shape index (κ3) is 6.33. The van der Waals surface area contributed by atoms with Crippen LogP contribution < -0.4 is 15.8 Å². The first-order valence-electron chi connectivity index (χ1n) is 7.94. The summed E-state index contributed by atoms with van der Waals surface area (Å²) in [6.45, 7) is 1.97. The molecule has 0 saturated carbocycles. The Kier molecular flexibility index (Phi) is 8.08. The third-order valence-electron chi connectivity index (χ3n) is 3.55. The summed E-state index contributed by atoms with van der Waals surface area (Å²) in [5, 5.41) is 2.76. The van der Waals surface area contributed by atoms with Gasteiger partial charge in [0.1, 0.15) is 11.5 Å². The Balaban J connectivity index is 0.00000338. The van der Waals surface area contributed by atoms with Gasteiger partial charge in [0.2, 0.25) is 5.91 Å². The zero-order valence-corrected chi connectivity index (χ0v) is 16.3. The number of halogens is 1. The van der Waals surface area contributed by atoms with E-state index >= 15 is 0 Å². The Labute approximate surface area is 160 Å². The van der Waals surface area contributed by atoms with Crippen LogP contribution in [0.1, 0.15) is 19.8 Å². The summed E-state index contributed by atoms with van der Waals surface area (Å²) in [5.74, 6) is 0.879. The normalized spacial score (nSPS) is 12.0. The summed E-state index contributed by atoms with van der Waals surface area (Å²) in [4.78, 5) is 12.1. The second-order valence-corrected chi connectivity index (χ2v) is 7.77. The first-order valence-corrected chi connectivity index (χ1v) is 9.83. The fraction of sp³-hybridized carbons (Fsp3) is 0.278. The van der Waals surface area contributed by atoms with Gasteiger partial charge >= 0.3 is 0 Å². The van der Waals surface area contributed by atoms with Crippen molar-refractivity contribution in [3.8, 4) is 11.5 Å². The van der Waals surface area contributed by atoms with Crippen LogP contribution in [0.2, 0.25) is 0 Å². The second kappa shape index (κ2) is 9.56. The molecule has 0 aliphatic heterocycles. The Bertz CT molecular complexity index is 821. The van der Waals surface area contributed by atoms with Gasteiger partial charge in [-0.15, -0.1) is 12.4 Å². The minimum atomic E-state index is -3.23. The van der Waals surface area contributed by atoms with Gasteiger partial charge in [-0.2, -0.15) is 0 Å². The molecule has 1 atom stereocenters. The highest BCUT2D eigenvalue weighted by Crippen LogP contribution is 2.24. The van der Waals surface area contributed by atoms with Crippen molar-refractivity contribution in [1.29, 1.82) is 0 Å². The molecule has 142 valence electrons. The van der Waals surface area contributed by atoms with Gasteiger partial charge in [-0.1, -0.05) is 13.3 Å². The van der Waals surface area contributed by atoms with Crippen molar-refractivity contribution in [1.82, 2.24) is 0 Å². The Morgan fingerprint density at radius 1 is 1.08 bits per heavy atom. The zero-order chi connectivity index (χ0) is 18.4. The zero-order valence-electron chi connectivity index (χ0n) is 14.6. The highest BCUT2D eigenvalue weighted by Gasteiger charge is 2.12. The molecule has 0 fully saturated rings. The lowest BCUT2D eigenvalue weighted by atomic mass is 10.1. The van der Waals surface area contributed by atoms with Gasteiger partial charge < -0.3 is 15.8 Å². The molecule has 0 spiro atoms. The van der Waals surface area contributed by atoms with Gasteiger partial charge in [0, 0.05) is 11.9 Å². The van der Waals surface area contributed by atoms with E-state index in [9.17, 15) is 13.2 Å². The van der Waals surface area contributed by atoms with Crippen LogP contribution in [0.5, 0.6) is 11.5 Å². The Hall–Kier alpha value is -2.09. The minimum absolute atomic E-state index is 0. The molecule has 0 aliphatic rings. The molecule has 1 unspecified atom stereocenters. The summed E-state index contributed by atoms with van der Waals surface area (Å²) in [6, 6.07) is 12.5.